The number of nitrogens with two attached hydrogens (primary N) is 1. The van der Waals surface area contributed by atoms with Gasteiger partial charge >= 0.3 is 5.97 Å². The van der Waals surface area contributed by atoms with E-state index in [0.29, 0.717) is 28.2 Å². The average molecular weight is 525 g/mol. The number of fused-ring (bicyclic) bond motifs is 5. The maximum Gasteiger partial charge on any atom is 0.343 e. The minimum absolute atomic E-state index is 0.0330. The second-order valence-electron chi connectivity index (χ2n) is 9.63. The number of ether oxygens (including phenoxy) is 1. The summed E-state index contributed by atoms with van der Waals surface area (Å²) in [6.45, 7) is 3.54. The Hall–Kier alpha value is -3.28. The number of nitrogens with zero attached hydrogens (tertiary/aromatic N) is 2. The van der Waals surface area contributed by atoms with Crippen LogP contribution < -0.4 is 16.6 Å². The molecule has 9 nitrogen and oxygen atoms in total. The number of aromatic nitrogens is 2. The highest BCUT2D eigenvalue weighted by atomic mass is 32.2. The van der Waals surface area contributed by atoms with E-state index in [1.807, 2.05) is 0 Å². The highest BCUT2D eigenvalue weighted by Crippen LogP contribution is 2.48. The quantitative estimate of drug-likeness (QED) is 0.346. The summed E-state index contributed by atoms with van der Waals surface area (Å²) in [5.41, 5.74) is 7.10. The highest BCUT2D eigenvalue weighted by Gasteiger charge is 2.46. The Morgan fingerprint density at radius 3 is 2.89 bits per heavy atom. The Kier molecular flexibility index (Phi) is 5.45. The highest BCUT2D eigenvalue weighted by molar-refractivity contribution is 7.99. The number of hydrogen-bond acceptors (Lipinski definition) is 8. The Balaban J connectivity index is 1.63. The molecule has 11 heteroatoms. The van der Waals surface area contributed by atoms with Crippen LogP contribution in [-0.4, -0.2) is 38.8 Å². The third-order valence-electron chi connectivity index (χ3n) is 7.61. The molecule has 0 radical (unpaired) electrons. The molecule has 4 N–H and O–H groups in total. The Bertz CT molecular complexity index is 1600. The van der Waals surface area contributed by atoms with E-state index in [2.05, 4.69) is 5.32 Å². The van der Waals surface area contributed by atoms with Gasteiger partial charge in [-0.05, 0) is 30.5 Å². The summed E-state index contributed by atoms with van der Waals surface area (Å²) in [5.74, 6) is -0.892. The van der Waals surface area contributed by atoms with Gasteiger partial charge in [0, 0.05) is 46.2 Å². The molecule has 1 aromatic carbocycles. The molecule has 0 bridgehead atoms. The van der Waals surface area contributed by atoms with E-state index >= 15 is 0 Å². The van der Waals surface area contributed by atoms with Gasteiger partial charge in [0.1, 0.15) is 12.4 Å². The van der Waals surface area contributed by atoms with Gasteiger partial charge in [-0.25, -0.2) is 14.2 Å². The summed E-state index contributed by atoms with van der Waals surface area (Å²) in [4.78, 5) is 44.2. The predicted octanol–water partition coefficient (Wildman–Crippen LogP) is 2.14. The topological polar surface area (TPSA) is 137 Å². The lowest BCUT2D eigenvalue weighted by Gasteiger charge is -2.31. The molecule has 3 aromatic rings. The van der Waals surface area contributed by atoms with E-state index in [1.54, 1.807) is 24.5 Å². The summed E-state index contributed by atoms with van der Waals surface area (Å²) in [5, 5.41) is 14.9. The number of cyclic esters (lactones) is 1. The van der Waals surface area contributed by atoms with E-state index in [9.17, 15) is 23.9 Å². The smallest absolute Gasteiger partial charge is 0.343 e. The minimum atomic E-state index is -1.94. The first kappa shape index (κ1) is 24.1. The summed E-state index contributed by atoms with van der Waals surface area (Å²) in [6, 6.07) is 2.61. The number of carbonyl (C=O) groups excluding carboxylic acids is 2. The van der Waals surface area contributed by atoms with Gasteiger partial charge < -0.3 is 25.5 Å². The van der Waals surface area contributed by atoms with Crippen molar-refractivity contribution in [2.45, 2.75) is 56.4 Å². The fraction of sp³-hybridized carbons (Fsp3) is 0.385. The molecule has 0 fully saturated rings. The maximum atomic E-state index is 14.9. The Labute approximate surface area is 215 Å². The lowest BCUT2D eigenvalue weighted by Crippen LogP contribution is -2.44. The van der Waals surface area contributed by atoms with E-state index in [0.717, 1.165) is 21.4 Å². The number of carbonyl (C=O) groups is 2. The first-order valence-corrected chi connectivity index (χ1v) is 13.1. The predicted molar refractivity (Wildman–Crippen MR) is 134 cm³/mol. The molecule has 0 spiro atoms. The third kappa shape index (κ3) is 3.30. The molecule has 5 heterocycles. The van der Waals surface area contributed by atoms with Crippen LogP contribution in [0.15, 0.2) is 21.8 Å². The fourth-order valence-electron chi connectivity index (χ4n) is 5.64. The maximum absolute atomic E-state index is 14.9. The normalized spacial score (nSPS) is 21.3. The van der Waals surface area contributed by atoms with Crippen molar-refractivity contribution >= 4 is 34.5 Å². The standard InChI is InChI=1S/C26H25FN4O5S/c1-3-26(35)14-6-18-22-12(8-31(18)24(33)13(14)9-36-25(26)34)20-17(29-19(32)4-5-28)10-37-23-11(2)15(27)7-16(30-22)21(20)23/h6-7,17,35H,3-5,8-10,28H2,1-2H3,(H,29,32)/t17-,26+/m1/s1. The van der Waals surface area contributed by atoms with Gasteiger partial charge in [-0.3, -0.25) is 9.59 Å². The average Bonchev–Trinajstić information content (AvgIpc) is 3.24. The first-order valence-electron chi connectivity index (χ1n) is 12.1. The molecule has 0 saturated carbocycles. The van der Waals surface area contributed by atoms with Crippen LogP contribution in [-0.2, 0) is 33.1 Å². The Morgan fingerprint density at radius 2 is 2.16 bits per heavy atom. The van der Waals surface area contributed by atoms with Crippen LogP contribution in [0.2, 0.25) is 0 Å². The van der Waals surface area contributed by atoms with Crippen LogP contribution in [0.25, 0.3) is 22.3 Å². The van der Waals surface area contributed by atoms with Gasteiger partial charge in [0.15, 0.2) is 5.60 Å². The molecule has 0 aliphatic carbocycles. The number of rotatable bonds is 4. The monoisotopic (exact) mass is 524 g/mol. The van der Waals surface area contributed by atoms with E-state index in [1.165, 1.54) is 17.8 Å². The van der Waals surface area contributed by atoms with Crippen molar-refractivity contribution in [3.8, 4) is 11.4 Å². The van der Waals surface area contributed by atoms with Gasteiger partial charge in [0.25, 0.3) is 5.56 Å². The second-order valence-corrected chi connectivity index (χ2v) is 10.7. The van der Waals surface area contributed by atoms with Crippen molar-refractivity contribution in [3.63, 3.8) is 0 Å². The molecule has 2 aromatic heterocycles. The molecule has 3 aliphatic heterocycles. The van der Waals surface area contributed by atoms with Gasteiger partial charge in [0.05, 0.1) is 35.1 Å². The SMILES string of the molecule is CC[C@@]1(O)C(=O)OCc2c1cc1n(c2=O)Cc2c-1nc1cc(F)c(C)c3c1c2[C@H](NC(=O)CCN)CS3. The lowest BCUT2D eigenvalue weighted by molar-refractivity contribution is -0.172. The summed E-state index contributed by atoms with van der Waals surface area (Å²) in [7, 11) is 0. The molecule has 1 amide bonds. The molecular weight excluding hydrogens is 499 g/mol. The van der Waals surface area contributed by atoms with E-state index in [4.69, 9.17) is 15.5 Å². The minimum Gasteiger partial charge on any atom is -0.458 e. The lowest BCUT2D eigenvalue weighted by atomic mass is 9.86. The van der Waals surface area contributed by atoms with Gasteiger partial charge in [0.2, 0.25) is 5.91 Å². The van der Waals surface area contributed by atoms with Crippen molar-refractivity contribution in [2.24, 2.45) is 5.73 Å². The molecule has 6 rings (SSSR count). The van der Waals surface area contributed by atoms with Crippen molar-refractivity contribution in [1.82, 2.24) is 14.9 Å². The summed E-state index contributed by atoms with van der Waals surface area (Å²) in [6.07, 6.45) is 0.203. The van der Waals surface area contributed by atoms with Crippen LogP contribution in [0, 0.1) is 12.7 Å². The molecule has 3 aliphatic rings. The molecule has 0 unspecified atom stereocenters. The molecule has 192 valence electrons. The number of hydrogen-bond donors (Lipinski definition) is 3. The third-order valence-corrected chi connectivity index (χ3v) is 8.91. The zero-order valence-corrected chi connectivity index (χ0v) is 21.1. The van der Waals surface area contributed by atoms with Crippen molar-refractivity contribution in [2.75, 3.05) is 12.3 Å². The molecule has 0 saturated heterocycles. The number of thioether (sulfide) groups is 1. The van der Waals surface area contributed by atoms with Crippen molar-refractivity contribution in [3.05, 3.63) is 56.1 Å². The van der Waals surface area contributed by atoms with Crippen LogP contribution in [0.5, 0.6) is 0 Å². The molecular formula is C26H25FN4O5S. The second kappa shape index (κ2) is 8.37. The van der Waals surface area contributed by atoms with Crippen LogP contribution in [0.4, 0.5) is 4.39 Å². The Morgan fingerprint density at radius 1 is 1.38 bits per heavy atom. The van der Waals surface area contributed by atoms with Gasteiger partial charge in [-0.2, -0.15) is 0 Å². The van der Waals surface area contributed by atoms with Gasteiger partial charge in [-0.1, -0.05) is 6.92 Å². The van der Waals surface area contributed by atoms with E-state index in [-0.39, 0.29) is 60.9 Å². The van der Waals surface area contributed by atoms with Crippen molar-refractivity contribution < 1.29 is 23.8 Å². The van der Waals surface area contributed by atoms with E-state index < -0.39 is 17.6 Å². The van der Waals surface area contributed by atoms with Crippen LogP contribution in [0.3, 0.4) is 0 Å². The molecule has 37 heavy (non-hydrogen) atoms. The summed E-state index contributed by atoms with van der Waals surface area (Å²) >= 11 is 1.46. The zero-order chi connectivity index (χ0) is 26.2. The number of aliphatic hydroxyl groups is 1. The first-order chi connectivity index (χ1) is 17.7. The molecule has 2 atom stereocenters. The number of pyridine rings is 2. The number of amides is 1. The number of halogens is 1. The largest absolute Gasteiger partial charge is 0.458 e. The van der Waals surface area contributed by atoms with Crippen LogP contribution >= 0.6 is 11.8 Å². The fourth-order valence-corrected chi connectivity index (χ4v) is 6.89. The van der Waals surface area contributed by atoms with Gasteiger partial charge in [-0.15, -0.1) is 11.8 Å². The number of benzene rings is 1. The number of nitrogens with one attached hydrogen (secondary N) is 1. The summed E-state index contributed by atoms with van der Waals surface area (Å²) < 4.78 is 21.6. The van der Waals surface area contributed by atoms with Crippen LogP contribution in [0.1, 0.15) is 53.6 Å². The number of esters is 1. The van der Waals surface area contributed by atoms with Crippen molar-refractivity contribution in [1.29, 1.82) is 0 Å². The zero-order valence-electron chi connectivity index (χ0n) is 20.3.